The summed E-state index contributed by atoms with van der Waals surface area (Å²) in [7, 11) is 1.54. The van der Waals surface area contributed by atoms with Crippen molar-refractivity contribution >= 4 is 45.9 Å². The normalized spacial score (nSPS) is 16.4. The number of nitrogens with zero attached hydrogens (tertiary/aromatic N) is 3. The molecule has 2 heterocycles. The Morgan fingerprint density at radius 1 is 1.36 bits per heavy atom. The fraction of sp³-hybridized carbons (Fsp3) is 0.353. The van der Waals surface area contributed by atoms with Gasteiger partial charge in [-0.2, -0.15) is 0 Å². The number of rotatable bonds is 8. The molecule has 0 spiro atoms. The SMILES string of the molecule is COCc1nnc(NC(=O)CCC2NC(=O)N(Cc3ccccc3Cl)C2=O)s1. The molecule has 148 valence electrons. The van der Waals surface area contributed by atoms with E-state index in [-0.39, 0.29) is 31.2 Å². The van der Waals surface area contributed by atoms with Crippen LogP contribution in [-0.4, -0.2) is 46.1 Å². The van der Waals surface area contributed by atoms with Crippen LogP contribution in [0, 0.1) is 0 Å². The molecule has 1 aliphatic heterocycles. The first kappa shape index (κ1) is 20.2. The molecule has 0 radical (unpaired) electrons. The maximum absolute atomic E-state index is 12.5. The summed E-state index contributed by atoms with van der Waals surface area (Å²) >= 11 is 7.31. The smallest absolute Gasteiger partial charge is 0.325 e. The number of halogens is 1. The minimum absolute atomic E-state index is 0.0514. The lowest BCUT2D eigenvalue weighted by molar-refractivity contribution is -0.128. The molecule has 0 bridgehead atoms. The molecule has 1 fully saturated rings. The largest absolute Gasteiger partial charge is 0.377 e. The van der Waals surface area contributed by atoms with Crippen LogP contribution in [0.4, 0.5) is 9.93 Å². The van der Waals surface area contributed by atoms with Crippen LogP contribution >= 0.6 is 22.9 Å². The zero-order valence-electron chi connectivity index (χ0n) is 15.0. The first-order valence-corrected chi connectivity index (χ1v) is 9.64. The second-order valence-corrected chi connectivity index (χ2v) is 7.51. The average Bonchev–Trinajstić information content (AvgIpc) is 3.21. The van der Waals surface area contributed by atoms with Crippen LogP contribution in [0.2, 0.25) is 5.02 Å². The molecular weight excluding hydrogens is 406 g/mol. The van der Waals surface area contributed by atoms with E-state index in [4.69, 9.17) is 16.3 Å². The summed E-state index contributed by atoms with van der Waals surface area (Å²) in [6.07, 6.45) is 0.231. The fourth-order valence-electron chi connectivity index (χ4n) is 2.66. The predicted octanol–water partition coefficient (Wildman–Crippen LogP) is 2.18. The lowest BCUT2D eigenvalue weighted by Crippen LogP contribution is -2.31. The minimum Gasteiger partial charge on any atom is -0.377 e. The van der Waals surface area contributed by atoms with Crippen molar-refractivity contribution in [3.8, 4) is 0 Å². The number of hydrogen-bond donors (Lipinski definition) is 2. The summed E-state index contributed by atoms with van der Waals surface area (Å²) in [5.74, 6) is -0.692. The molecule has 2 aromatic rings. The molecule has 28 heavy (non-hydrogen) atoms. The highest BCUT2D eigenvalue weighted by Gasteiger charge is 2.38. The fourth-order valence-corrected chi connectivity index (χ4v) is 3.59. The van der Waals surface area contributed by atoms with Gasteiger partial charge in [-0.15, -0.1) is 10.2 Å². The van der Waals surface area contributed by atoms with Crippen LogP contribution < -0.4 is 10.6 Å². The van der Waals surface area contributed by atoms with E-state index in [1.54, 1.807) is 31.4 Å². The number of anilines is 1. The van der Waals surface area contributed by atoms with E-state index in [0.717, 1.165) is 4.90 Å². The number of ether oxygens (including phenoxy) is 1. The Labute approximate surface area is 170 Å². The number of benzene rings is 1. The van der Waals surface area contributed by atoms with Crippen LogP contribution in [0.25, 0.3) is 0 Å². The van der Waals surface area contributed by atoms with Gasteiger partial charge in [0.25, 0.3) is 5.91 Å². The van der Waals surface area contributed by atoms with E-state index in [1.807, 2.05) is 0 Å². The summed E-state index contributed by atoms with van der Waals surface area (Å²) in [6.45, 7) is 0.400. The van der Waals surface area contributed by atoms with Crippen LogP contribution in [-0.2, 0) is 27.5 Å². The number of urea groups is 1. The number of carbonyl (C=O) groups is 3. The standard InChI is InChI=1S/C17H18ClN5O4S/c1-27-9-14-21-22-16(28-14)20-13(24)7-6-12-15(25)23(17(26)19-12)8-10-4-2-3-5-11(10)18/h2-5,12H,6-9H2,1H3,(H,19,26)(H,20,22,24). The van der Waals surface area contributed by atoms with Gasteiger partial charge in [0.1, 0.15) is 17.7 Å². The number of hydrogen-bond acceptors (Lipinski definition) is 7. The van der Waals surface area contributed by atoms with Crippen molar-refractivity contribution in [2.75, 3.05) is 12.4 Å². The molecule has 1 saturated heterocycles. The van der Waals surface area contributed by atoms with Crippen molar-refractivity contribution in [1.29, 1.82) is 0 Å². The van der Waals surface area contributed by atoms with Crippen molar-refractivity contribution in [2.24, 2.45) is 0 Å². The zero-order valence-corrected chi connectivity index (χ0v) is 16.5. The molecule has 1 unspecified atom stereocenters. The summed E-state index contributed by atoms with van der Waals surface area (Å²) in [5, 5.41) is 14.4. The van der Waals surface area contributed by atoms with Gasteiger partial charge < -0.3 is 15.4 Å². The number of amides is 4. The number of nitrogens with one attached hydrogen (secondary N) is 2. The van der Waals surface area contributed by atoms with E-state index in [9.17, 15) is 14.4 Å². The van der Waals surface area contributed by atoms with Gasteiger partial charge in [0.2, 0.25) is 11.0 Å². The number of imide groups is 1. The van der Waals surface area contributed by atoms with Gasteiger partial charge in [0, 0.05) is 18.6 Å². The molecule has 11 heteroatoms. The van der Waals surface area contributed by atoms with E-state index in [1.165, 1.54) is 11.3 Å². The molecule has 0 saturated carbocycles. The molecule has 1 atom stereocenters. The zero-order chi connectivity index (χ0) is 20.1. The summed E-state index contributed by atoms with van der Waals surface area (Å²) < 4.78 is 4.95. The minimum atomic E-state index is -0.751. The lowest BCUT2D eigenvalue weighted by Gasteiger charge is -2.14. The Balaban J connectivity index is 1.52. The van der Waals surface area contributed by atoms with E-state index in [0.29, 0.717) is 27.3 Å². The molecule has 1 aliphatic rings. The van der Waals surface area contributed by atoms with Gasteiger partial charge in [-0.1, -0.05) is 41.1 Å². The number of methoxy groups -OCH3 is 1. The third-order valence-electron chi connectivity index (χ3n) is 4.03. The quantitative estimate of drug-likeness (QED) is 0.629. The molecule has 9 nitrogen and oxygen atoms in total. The molecule has 0 aliphatic carbocycles. The van der Waals surface area contributed by atoms with Crippen LogP contribution in [0.5, 0.6) is 0 Å². The predicted molar refractivity (Wildman–Crippen MR) is 103 cm³/mol. The topological polar surface area (TPSA) is 114 Å². The molecule has 2 N–H and O–H groups in total. The highest BCUT2D eigenvalue weighted by Crippen LogP contribution is 2.21. The summed E-state index contributed by atoms with van der Waals surface area (Å²) in [5.41, 5.74) is 0.675. The van der Waals surface area contributed by atoms with E-state index < -0.39 is 12.1 Å². The summed E-state index contributed by atoms with van der Waals surface area (Å²) in [4.78, 5) is 37.8. The molecule has 1 aromatic carbocycles. The van der Waals surface area contributed by atoms with Crippen LogP contribution in [0.3, 0.4) is 0 Å². The van der Waals surface area contributed by atoms with Crippen LogP contribution in [0.15, 0.2) is 24.3 Å². The van der Waals surface area contributed by atoms with Gasteiger partial charge >= 0.3 is 6.03 Å². The molecular formula is C17H18ClN5O4S. The molecule has 3 rings (SSSR count). The Morgan fingerprint density at radius 2 is 2.14 bits per heavy atom. The first-order chi connectivity index (χ1) is 13.5. The van der Waals surface area contributed by atoms with Crippen LogP contribution in [0.1, 0.15) is 23.4 Å². The highest BCUT2D eigenvalue weighted by molar-refractivity contribution is 7.15. The second-order valence-electron chi connectivity index (χ2n) is 6.04. The monoisotopic (exact) mass is 423 g/mol. The number of carbonyl (C=O) groups excluding carboxylic acids is 3. The van der Waals surface area contributed by atoms with Crippen molar-refractivity contribution in [3.05, 3.63) is 39.9 Å². The Hall–Kier alpha value is -2.56. The van der Waals surface area contributed by atoms with Gasteiger partial charge in [-0.05, 0) is 18.1 Å². The Morgan fingerprint density at radius 3 is 2.89 bits per heavy atom. The molecule has 4 amide bonds. The maximum Gasteiger partial charge on any atom is 0.325 e. The summed E-state index contributed by atoms with van der Waals surface area (Å²) in [6, 6.07) is 5.76. The van der Waals surface area contributed by atoms with Gasteiger partial charge in [0.05, 0.1) is 6.54 Å². The lowest BCUT2D eigenvalue weighted by atomic mass is 10.1. The van der Waals surface area contributed by atoms with Crippen molar-refractivity contribution in [3.63, 3.8) is 0 Å². The van der Waals surface area contributed by atoms with Crippen molar-refractivity contribution in [1.82, 2.24) is 20.4 Å². The van der Waals surface area contributed by atoms with Crippen molar-refractivity contribution < 1.29 is 19.1 Å². The van der Waals surface area contributed by atoms with Gasteiger partial charge in [-0.25, -0.2) is 4.79 Å². The highest BCUT2D eigenvalue weighted by atomic mass is 35.5. The van der Waals surface area contributed by atoms with E-state index in [2.05, 4.69) is 20.8 Å². The van der Waals surface area contributed by atoms with Crippen molar-refractivity contribution in [2.45, 2.75) is 32.0 Å². The average molecular weight is 424 g/mol. The van der Waals surface area contributed by atoms with Gasteiger partial charge in [0.15, 0.2) is 0 Å². The number of aromatic nitrogens is 2. The third kappa shape index (κ3) is 4.83. The second kappa shape index (κ2) is 9.09. The molecule has 1 aromatic heterocycles. The third-order valence-corrected chi connectivity index (χ3v) is 5.22. The first-order valence-electron chi connectivity index (χ1n) is 8.44. The maximum atomic E-state index is 12.5. The Bertz CT molecular complexity index is 890. The van der Waals surface area contributed by atoms with E-state index >= 15 is 0 Å². The van der Waals surface area contributed by atoms with Gasteiger partial charge in [-0.3, -0.25) is 14.5 Å². The Kier molecular flexibility index (Phi) is 6.55.